The van der Waals surface area contributed by atoms with Crippen molar-refractivity contribution in [3.05, 3.63) is 103 Å². The number of rotatable bonds is 10. The Morgan fingerprint density at radius 1 is 0.933 bits per heavy atom. The molecule has 45 heavy (non-hydrogen) atoms. The first-order valence-corrected chi connectivity index (χ1v) is 15.4. The van der Waals surface area contributed by atoms with Crippen LogP contribution in [0.4, 0.5) is 18.9 Å². The molecular formula is C32H33F3N4O5S. The summed E-state index contributed by atoms with van der Waals surface area (Å²) in [4.78, 5) is 13.7. The summed E-state index contributed by atoms with van der Waals surface area (Å²) in [6, 6.07) is 27.7. The maximum Gasteiger partial charge on any atom is 0.490 e. The summed E-state index contributed by atoms with van der Waals surface area (Å²) in [5.41, 5.74) is 2.88. The number of aromatic nitrogens is 2. The van der Waals surface area contributed by atoms with E-state index in [0.717, 1.165) is 24.0 Å². The molecule has 4 aromatic carbocycles. The second-order valence-corrected chi connectivity index (χ2v) is 12.7. The molecule has 1 atom stereocenters. The van der Waals surface area contributed by atoms with E-state index in [1.807, 2.05) is 18.5 Å². The van der Waals surface area contributed by atoms with Crippen LogP contribution >= 0.6 is 0 Å². The number of aliphatic hydroxyl groups excluding tert-OH is 1. The number of nitrogens with one attached hydrogen (secondary N) is 2. The predicted octanol–water partition coefficient (Wildman–Crippen LogP) is 6.12. The summed E-state index contributed by atoms with van der Waals surface area (Å²) in [6.07, 6.45) is -3.17. The number of anilines is 1. The fraction of sp³-hybridized carbons (Fsp3) is 0.250. The lowest BCUT2D eigenvalue weighted by molar-refractivity contribution is -0.192. The number of carboxylic acid groups (broad SMARTS) is 1. The Kier molecular flexibility index (Phi) is 10.2. The number of alkyl halides is 3. The second-order valence-electron chi connectivity index (χ2n) is 11.0. The molecule has 0 radical (unpaired) electrons. The summed E-state index contributed by atoms with van der Waals surface area (Å²) in [7, 11) is -3.70. The molecule has 1 unspecified atom stereocenters. The van der Waals surface area contributed by atoms with Gasteiger partial charge in [-0.3, -0.25) is 4.72 Å². The number of hydrogen-bond donors (Lipinski definition) is 4. The third-order valence-electron chi connectivity index (χ3n) is 7.06. The van der Waals surface area contributed by atoms with Crippen molar-refractivity contribution in [3.8, 4) is 0 Å². The number of sulfonamides is 1. The van der Waals surface area contributed by atoms with E-state index in [1.54, 1.807) is 54.6 Å². The second kappa shape index (κ2) is 13.7. The van der Waals surface area contributed by atoms with Gasteiger partial charge in [0.25, 0.3) is 10.0 Å². The molecule has 0 saturated heterocycles. The number of aryl methyl sites for hydroxylation is 1. The van der Waals surface area contributed by atoms with Gasteiger partial charge in [0.15, 0.2) is 0 Å². The third kappa shape index (κ3) is 9.03. The molecule has 9 nitrogen and oxygen atoms in total. The average Bonchev–Trinajstić information content (AvgIpc) is 3.39. The molecule has 5 aromatic rings. The van der Waals surface area contributed by atoms with E-state index in [-0.39, 0.29) is 10.4 Å². The Balaban J connectivity index is 0.000000591. The van der Waals surface area contributed by atoms with Crippen molar-refractivity contribution in [1.82, 2.24) is 14.9 Å². The Labute approximate surface area is 258 Å². The fourth-order valence-electron chi connectivity index (χ4n) is 4.52. The molecule has 5 rings (SSSR count). The Bertz CT molecular complexity index is 1880. The van der Waals surface area contributed by atoms with E-state index < -0.39 is 28.3 Å². The van der Waals surface area contributed by atoms with Gasteiger partial charge in [-0.25, -0.2) is 18.2 Å². The maximum atomic E-state index is 12.7. The van der Waals surface area contributed by atoms with E-state index in [0.29, 0.717) is 17.8 Å². The van der Waals surface area contributed by atoms with Crippen LogP contribution in [0.2, 0.25) is 0 Å². The standard InChI is InChI=1S/C30H32N4O3S.C2HF3O2/c1-30(2,15-16-34-21-31-27-18-22-9-6-7-10-23(22)19-28(27)34)32-20-29(35)24-11-8-12-25(17-24)33-38(36,37)26-13-4-3-5-14-26;3-2(4,5)1(6)7/h3-14,17-19,21,29,32-33,35H,15-16,20H2,1-2H3;(H,6,7). The highest BCUT2D eigenvalue weighted by Crippen LogP contribution is 2.24. The number of benzene rings is 4. The molecule has 0 aliphatic rings. The van der Waals surface area contributed by atoms with Gasteiger partial charge in [0.2, 0.25) is 0 Å². The minimum atomic E-state index is -5.08. The highest BCUT2D eigenvalue weighted by atomic mass is 32.2. The number of aliphatic hydroxyl groups is 1. The maximum absolute atomic E-state index is 12.7. The van der Waals surface area contributed by atoms with Crippen LogP contribution in [0.3, 0.4) is 0 Å². The number of halogens is 3. The average molecular weight is 643 g/mol. The first-order valence-electron chi connectivity index (χ1n) is 13.9. The Hall–Kier alpha value is -4.46. The van der Waals surface area contributed by atoms with E-state index in [1.165, 1.54) is 10.8 Å². The van der Waals surface area contributed by atoms with E-state index in [9.17, 15) is 26.7 Å². The van der Waals surface area contributed by atoms with Crippen LogP contribution < -0.4 is 10.0 Å². The van der Waals surface area contributed by atoms with Crippen LogP contribution in [0.25, 0.3) is 21.8 Å². The molecular weight excluding hydrogens is 609 g/mol. The highest BCUT2D eigenvalue weighted by molar-refractivity contribution is 7.92. The predicted molar refractivity (Wildman–Crippen MR) is 166 cm³/mol. The van der Waals surface area contributed by atoms with E-state index >= 15 is 0 Å². The monoisotopic (exact) mass is 642 g/mol. The molecule has 0 fully saturated rings. The lowest BCUT2D eigenvalue weighted by Crippen LogP contribution is -2.42. The van der Waals surface area contributed by atoms with Gasteiger partial charge in [-0.05, 0) is 73.0 Å². The molecule has 0 aliphatic carbocycles. The number of carboxylic acids is 1. The van der Waals surface area contributed by atoms with Gasteiger partial charge in [-0.1, -0.05) is 54.6 Å². The van der Waals surface area contributed by atoms with Crippen molar-refractivity contribution in [2.75, 3.05) is 11.3 Å². The molecule has 0 spiro atoms. The van der Waals surface area contributed by atoms with Crippen molar-refractivity contribution >= 4 is 43.5 Å². The number of aliphatic carboxylic acids is 1. The Morgan fingerprint density at radius 2 is 1.56 bits per heavy atom. The third-order valence-corrected chi connectivity index (χ3v) is 8.46. The molecule has 0 aliphatic heterocycles. The van der Waals surface area contributed by atoms with Gasteiger partial charge in [0, 0.05) is 24.3 Å². The van der Waals surface area contributed by atoms with Crippen LogP contribution in [0.5, 0.6) is 0 Å². The number of fused-ring (bicyclic) bond motifs is 2. The molecule has 1 aromatic heterocycles. The summed E-state index contributed by atoms with van der Waals surface area (Å²) in [5, 5.41) is 23.8. The quantitative estimate of drug-likeness (QED) is 0.144. The number of β-amino-alcohol motifs (C(OH)–C–C–N with tert-alkyl or cyclic N) is 1. The lowest BCUT2D eigenvalue weighted by Gasteiger charge is -2.28. The molecule has 13 heteroatoms. The van der Waals surface area contributed by atoms with Crippen molar-refractivity contribution in [2.24, 2.45) is 0 Å². The van der Waals surface area contributed by atoms with Crippen LogP contribution in [-0.2, 0) is 21.4 Å². The summed E-state index contributed by atoms with van der Waals surface area (Å²) in [5.74, 6) is -2.76. The molecule has 0 bridgehead atoms. The largest absolute Gasteiger partial charge is 0.490 e. The summed E-state index contributed by atoms with van der Waals surface area (Å²) >= 11 is 0. The molecule has 4 N–H and O–H groups in total. The van der Waals surface area contributed by atoms with Crippen molar-refractivity contribution in [3.63, 3.8) is 0 Å². The van der Waals surface area contributed by atoms with E-state index in [2.05, 4.69) is 57.7 Å². The van der Waals surface area contributed by atoms with Gasteiger partial charge < -0.3 is 20.1 Å². The SMILES string of the molecule is CC(C)(CCn1cnc2cc3ccccc3cc21)NCC(O)c1cccc(NS(=O)(=O)c2ccccc2)c1.O=C(O)C(F)(F)F. The van der Waals surface area contributed by atoms with Crippen molar-refractivity contribution in [2.45, 2.75) is 49.5 Å². The van der Waals surface area contributed by atoms with Gasteiger partial charge in [0.1, 0.15) is 0 Å². The molecule has 238 valence electrons. The van der Waals surface area contributed by atoms with Gasteiger partial charge in [0.05, 0.1) is 28.4 Å². The van der Waals surface area contributed by atoms with Crippen LogP contribution in [-0.4, -0.2) is 52.4 Å². The minimum absolute atomic E-state index is 0.188. The number of imidazole rings is 1. The minimum Gasteiger partial charge on any atom is -0.475 e. The lowest BCUT2D eigenvalue weighted by atomic mass is 9.99. The molecule has 1 heterocycles. The number of carbonyl (C=O) groups is 1. The smallest absolute Gasteiger partial charge is 0.475 e. The first-order chi connectivity index (χ1) is 21.1. The number of hydrogen-bond acceptors (Lipinski definition) is 6. The Morgan fingerprint density at radius 3 is 2.20 bits per heavy atom. The van der Waals surface area contributed by atoms with Crippen LogP contribution in [0.1, 0.15) is 31.9 Å². The van der Waals surface area contributed by atoms with E-state index in [4.69, 9.17) is 9.90 Å². The van der Waals surface area contributed by atoms with Gasteiger partial charge in [-0.2, -0.15) is 13.2 Å². The normalized spacial score (nSPS) is 12.8. The van der Waals surface area contributed by atoms with Crippen molar-refractivity contribution < 1.29 is 36.6 Å². The topological polar surface area (TPSA) is 134 Å². The molecule has 0 saturated carbocycles. The number of nitrogens with zero attached hydrogens (tertiary/aromatic N) is 2. The summed E-state index contributed by atoms with van der Waals surface area (Å²) < 4.78 is 61.8. The highest BCUT2D eigenvalue weighted by Gasteiger charge is 2.38. The van der Waals surface area contributed by atoms with Crippen molar-refractivity contribution in [1.29, 1.82) is 0 Å². The first kappa shape index (κ1) is 33.4. The fourth-order valence-corrected chi connectivity index (χ4v) is 5.59. The summed E-state index contributed by atoms with van der Waals surface area (Å²) in [6.45, 7) is 5.33. The zero-order chi connectivity index (χ0) is 32.8. The molecule has 0 amide bonds. The van der Waals surface area contributed by atoms with Crippen LogP contribution in [0, 0.1) is 0 Å². The van der Waals surface area contributed by atoms with Crippen LogP contribution in [0.15, 0.2) is 102 Å². The van der Waals surface area contributed by atoms with Gasteiger partial charge in [-0.15, -0.1) is 0 Å². The zero-order valence-corrected chi connectivity index (χ0v) is 25.3. The zero-order valence-electron chi connectivity index (χ0n) is 24.5. The van der Waals surface area contributed by atoms with Gasteiger partial charge >= 0.3 is 12.1 Å².